The third kappa shape index (κ3) is 3.01. The van der Waals surface area contributed by atoms with Crippen molar-refractivity contribution >= 4 is 34.5 Å². The third-order valence-corrected chi connectivity index (χ3v) is 3.76. The molecule has 0 aliphatic rings. The van der Waals surface area contributed by atoms with Crippen LogP contribution in [-0.4, -0.2) is 9.38 Å². The van der Waals surface area contributed by atoms with Crippen LogP contribution in [0.5, 0.6) is 0 Å². The quantitative estimate of drug-likeness (QED) is 0.802. The fourth-order valence-corrected chi connectivity index (χ4v) is 2.29. The highest BCUT2D eigenvalue weighted by atomic mass is 35.5. The van der Waals surface area contributed by atoms with Crippen LogP contribution >= 0.6 is 23.2 Å². The van der Waals surface area contributed by atoms with E-state index >= 15 is 0 Å². The average Bonchev–Trinajstić information content (AvgIpc) is 2.49. The molecule has 0 fully saturated rings. The minimum absolute atomic E-state index is 0.105. The number of hydrogen-bond acceptors (Lipinski definition) is 3. The maximum atomic E-state index is 12.0. The van der Waals surface area contributed by atoms with Crippen LogP contribution in [0.25, 0.3) is 5.65 Å². The summed E-state index contributed by atoms with van der Waals surface area (Å²) in [6.07, 6.45) is 1.70. The molecule has 2 heterocycles. The molecule has 0 radical (unpaired) electrons. The lowest BCUT2D eigenvalue weighted by molar-refractivity contribution is 0.971. The highest BCUT2D eigenvalue weighted by molar-refractivity contribution is 6.42. The van der Waals surface area contributed by atoms with E-state index in [4.69, 9.17) is 23.2 Å². The number of halogens is 2. The molecule has 6 heteroatoms. The Bertz CT molecular complexity index is 861. The van der Waals surface area contributed by atoms with Gasteiger partial charge in [-0.1, -0.05) is 29.3 Å². The number of aromatic nitrogens is 2. The summed E-state index contributed by atoms with van der Waals surface area (Å²) in [6, 6.07) is 12.2. The van der Waals surface area contributed by atoms with Gasteiger partial charge in [0.05, 0.1) is 22.3 Å². The van der Waals surface area contributed by atoms with Crippen LogP contribution in [0.4, 0.5) is 5.69 Å². The lowest BCUT2D eigenvalue weighted by Crippen LogP contribution is -2.16. The summed E-state index contributed by atoms with van der Waals surface area (Å²) in [7, 11) is 0. The van der Waals surface area contributed by atoms with E-state index in [1.165, 1.54) is 10.5 Å². The zero-order valence-corrected chi connectivity index (χ0v) is 12.4. The first-order valence-electron chi connectivity index (χ1n) is 6.30. The summed E-state index contributed by atoms with van der Waals surface area (Å²) in [5, 5.41) is 4.15. The molecule has 0 spiro atoms. The second-order valence-electron chi connectivity index (χ2n) is 4.50. The number of benzene rings is 1. The molecule has 0 saturated heterocycles. The summed E-state index contributed by atoms with van der Waals surface area (Å²) in [5.74, 6) is 0. The zero-order chi connectivity index (χ0) is 14.8. The van der Waals surface area contributed by atoms with Gasteiger partial charge in [-0.2, -0.15) is 0 Å². The maximum Gasteiger partial charge on any atom is 0.258 e. The van der Waals surface area contributed by atoms with Crippen LogP contribution in [0, 0.1) is 0 Å². The molecule has 0 saturated carbocycles. The van der Waals surface area contributed by atoms with Gasteiger partial charge in [0.15, 0.2) is 0 Å². The van der Waals surface area contributed by atoms with E-state index in [0.717, 1.165) is 5.69 Å². The van der Waals surface area contributed by atoms with Crippen molar-refractivity contribution in [3.8, 4) is 0 Å². The molecule has 3 aromatic rings. The second-order valence-corrected chi connectivity index (χ2v) is 5.31. The Hall–Kier alpha value is -2.04. The number of pyridine rings is 1. The lowest BCUT2D eigenvalue weighted by Gasteiger charge is -2.08. The van der Waals surface area contributed by atoms with Gasteiger partial charge < -0.3 is 5.32 Å². The van der Waals surface area contributed by atoms with Crippen molar-refractivity contribution in [1.82, 2.24) is 9.38 Å². The first-order chi connectivity index (χ1) is 10.1. The Morgan fingerprint density at radius 2 is 1.95 bits per heavy atom. The third-order valence-electron chi connectivity index (χ3n) is 3.02. The first-order valence-corrected chi connectivity index (χ1v) is 7.05. The standard InChI is InChI=1S/C15H11Cl2N3O/c16-12-5-4-10(7-13(12)17)18-9-11-8-15(21)20-6-2-1-3-14(20)19-11/h1-8,18H,9H2. The SMILES string of the molecule is O=c1cc(CNc2ccc(Cl)c(Cl)c2)nc2ccccn12. The van der Waals surface area contributed by atoms with Gasteiger partial charge in [0.25, 0.3) is 5.56 Å². The van der Waals surface area contributed by atoms with Gasteiger partial charge in [-0.25, -0.2) is 4.98 Å². The van der Waals surface area contributed by atoms with Crippen molar-refractivity contribution in [3.05, 3.63) is 74.8 Å². The first kappa shape index (κ1) is 13.9. The van der Waals surface area contributed by atoms with Crippen molar-refractivity contribution in [1.29, 1.82) is 0 Å². The molecule has 0 aliphatic carbocycles. The highest BCUT2D eigenvalue weighted by Crippen LogP contribution is 2.25. The summed E-state index contributed by atoms with van der Waals surface area (Å²) in [4.78, 5) is 16.4. The van der Waals surface area contributed by atoms with Gasteiger partial charge in [-0.15, -0.1) is 0 Å². The smallest absolute Gasteiger partial charge is 0.258 e. The number of rotatable bonds is 3. The van der Waals surface area contributed by atoms with Crippen LogP contribution in [-0.2, 0) is 6.54 Å². The predicted molar refractivity (Wildman–Crippen MR) is 85.3 cm³/mol. The molecule has 1 N–H and O–H groups in total. The Balaban J connectivity index is 1.85. The van der Waals surface area contributed by atoms with Gasteiger partial charge in [-0.05, 0) is 30.3 Å². The molecule has 1 aromatic carbocycles. The molecule has 0 bridgehead atoms. The predicted octanol–water partition coefficient (Wildman–Crippen LogP) is 3.61. The van der Waals surface area contributed by atoms with E-state index in [2.05, 4.69) is 10.3 Å². The molecule has 0 atom stereocenters. The Labute approximate surface area is 131 Å². The van der Waals surface area contributed by atoms with E-state index in [-0.39, 0.29) is 5.56 Å². The molecule has 0 unspecified atom stereocenters. The lowest BCUT2D eigenvalue weighted by atomic mass is 10.3. The minimum atomic E-state index is -0.105. The minimum Gasteiger partial charge on any atom is -0.379 e. The van der Waals surface area contributed by atoms with Crippen LogP contribution in [0.3, 0.4) is 0 Å². The summed E-state index contributed by atoms with van der Waals surface area (Å²) in [6.45, 7) is 0.429. The van der Waals surface area contributed by atoms with Gasteiger partial charge in [0.2, 0.25) is 0 Å². The van der Waals surface area contributed by atoms with E-state index in [9.17, 15) is 4.79 Å². The summed E-state index contributed by atoms with van der Waals surface area (Å²) < 4.78 is 1.50. The number of fused-ring (bicyclic) bond motifs is 1. The molecule has 0 aliphatic heterocycles. The maximum absolute atomic E-state index is 12.0. The number of anilines is 1. The summed E-state index contributed by atoms with van der Waals surface area (Å²) in [5.41, 5.74) is 2.00. The number of nitrogens with zero attached hydrogens (tertiary/aromatic N) is 2. The average molecular weight is 320 g/mol. The number of hydrogen-bond donors (Lipinski definition) is 1. The zero-order valence-electron chi connectivity index (χ0n) is 10.9. The Morgan fingerprint density at radius 1 is 1.10 bits per heavy atom. The van der Waals surface area contributed by atoms with E-state index in [1.807, 2.05) is 12.1 Å². The highest BCUT2D eigenvalue weighted by Gasteiger charge is 2.03. The summed E-state index contributed by atoms with van der Waals surface area (Å²) >= 11 is 11.8. The van der Waals surface area contributed by atoms with E-state index in [0.29, 0.717) is 27.9 Å². The van der Waals surface area contributed by atoms with E-state index in [1.54, 1.807) is 30.5 Å². The largest absolute Gasteiger partial charge is 0.379 e. The van der Waals surface area contributed by atoms with Crippen molar-refractivity contribution in [2.75, 3.05) is 5.32 Å². The number of nitrogens with one attached hydrogen (secondary N) is 1. The fraction of sp³-hybridized carbons (Fsp3) is 0.0667. The van der Waals surface area contributed by atoms with Crippen molar-refractivity contribution in [3.63, 3.8) is 0 Å². The van der Waals surface area contributed by atoms with Gasteiger partial charge in [-0.3, -0.25) is 9.20 Å². The molecule has 106 valence electrons. The van der Waals surface area contributed by atoms with Gasteiger partial charge in [0.1, 0.15) is 5.65 Å². The van der Waals surface area contributed by atoms with Crippen molar-refractivity contribution in [2.24, 2.45) is 0 Å². The van der Waals surface area contributed by atoms with Crippen LogP contribution in [0.15, 0.2) is 53.5 Å². The van der Waals surface area contributed by atoms with Crippen LogP contribution < -0.4 is 10.9 Å². The molecular weight excluding hydrogens is 309 g/mol. The Kier molecular flexibility index (Phi) is 3.82. The van der Waals surface area contributed by atoms with Crippen molar-refractivity contribution in [2.45, 2.75) is 6.54 Å². The van der Waals surface area contributed by atoms with E-state index < -0.39 is 0 Å². The monoisotopic (exact) mass is 319 g/mol. The second kappa shape index (κ2) is 5.76. The molecule has 0 amide bonds. The van der Waals surface area contributed by atoms with Gasteiger partial charge >= 0.3 is 0 Å². The van der Waals surface area contributed by atoms with Gasteiger partial charge in [0, 0.05) is 18.0 Å². The van der Waals surface area contributed by atoms with Crippen LogP contribution in [0.1, 0.15) is 5.69 Å². The van der Waals surface area contributed by atoms with Crippen LogP contribution in [0.2, 0.25) is 10.0 Å². The molecule has 2 aromatic heterocycles. The fourth-order valence-electron chi connectivity index (χ4n) is 1.99. The topological polar surface area (TPSA) is 46.4 Å². The van der Waals surface area contributed by atoms with Crippen molar-refractivity contribution < 1.29 is 0 Å². The molecule has 4 nitrogen and oxygen atoms in total. The molecular formula is C15H11Cl2N3O. The normalized spacial score (nSPS) is 10.8. The Morgan fingerprint density at radius 3 is 2.76 bits per heavy atom. The molecule has 21 heavy (non-hydrogen) atoms. The molecule has 3 rings (SSSR count).